The average Bonchev–Trinajstić information content (AvgIpc) is 3.14. The van der Waals surface area contributed by atoms with Crippen molar-refractivity contribution in [1.82, 2.24) is 10.1 Å². The number of pyridine rings is 1. The number of aromatic nitrogens is 2. The van der Waals surface area contributed by atoms with Gasteiger partial charge in [0, 0.05) is 23.2 Å². The Labute approximate surface area is 200 Å². The molecule has 0 fully saturated rings. The van der Waals surface area contributed by atoms with Crippen LogP contribution in [-0.2, 0) is 9.84 Å². The van der Waals surface area contributed by atoms with E-state index in [9.17, 15) is 18.0 Å². The largest absolute Gasteiger partial charge is 0.336 e. The molecule has 0 atom stereocenters. The molecular weight excluding hydrogens is 480 g/mol. The fourth-order valence-electron chi connectivity index (χ4n) is 3.35. The molecule has 9 nitrogen and oxygen atoms in total. The molecule has 0 radical (unpaired) electrons. The van der Waals surface area contributed by atoms with Crippen LogP contribution in [0.2, 0.25) is 5.02 Å². The number of nitrogens with zero attached hydrogens (tertiary/aromatic N) is 2. The third-order valence-electron chi connectivity index (χ3n) is 4.99. The number of hydrogen-bond donors (Lipinski definition) is 2. The zero-order chi connectivity index (χ0) is 24.6. The number of aryl methyl sites for hydroxylation is 2. The number of nitrogens with one attached hydrogen (secondary N) is 2. The summed E-state index contributed by atoms with van der Waals surface area (Å²) in [6.45, 7) is 3.47. The molecule has 2 aromatic heterocycles. The second kappa shape index (κ2) is 8.88. The minimum absolute atomic E-state index is 0.0350. The second-order valence-corrected chi connectivity index (χ2v) is 10.1. The summed E-state index contributed by atoms with van der Waals surface area (Å²) in [4.78, 5) is 29.8. The van der Waals surface area contributed by atoms with Crippen LogP contribution < -0.4 is 10.6 Å². The van der Waals surface area contributed by atoms with Crippen LogP contribution in [0, 0.1) is 13.8 Å². The van der Waals surface area contributed by atoms with Crippen LogP contribution >= 0.6 is 11.6 Å². The van der Waals surface area contributed by atoms with E-state index in [1.165, 1.54) is 36.4 Å². The molecule has 0 spiro atoms. The van der Waals surface area contributed by atoms with Crippen LogP contribution in [0.15, 0.2) is 57.9 Å². The van der Waals surface area contributed by atoms with E-state index in [2.05, 4.69) is 20.8 Å². The summed E-state index contributed by atoms with van der Waals surface area (Å²) in [5, 5.41) is 9.99. The molecule has 11 heteroatoms. The van der Waals surface area contributed by atoms with Crippen LogP contribution in [0.3, 0.4) is 0 Å². The summed E-state index contributed by atoms with van der Waals surface area (Å²) in [5.41, 5.74) is 2.65. The molecule has 2 amide bonds. The molecule has 0 saturated carbocycles. The Kier molecular flexibility index (Phi) is 6.11. The summed E-state index contributed by atoms with van der Waals surface area (Å²) < 4.78 is 28.7. The zero-order valence-electron chi connectivity index (χ0n) is 18.3. The number of anilines is 2. The highest BCUT2D eigenvalue weighted by Gasteiger charge is 2.19. The lowest BCUT2D eigenvalue weighted by Crippen LogP contribution is -2.14. The molecular formula is C23H19ClN4O5S. The van der Waals surface area contributed by atoms with Gasteiger partial charge in [0.15, 0.2) is 9.84 Å². The van der Waals surface area contributed by atoms with Gasteiger partial charge < -0.3 is 15.2 Å². The lowest BCUT2D eigenvalue weighted by atomic mass is 10.1. The van der Waals surface area contributed by atoms with Gasteiger partial charge in [-0.1, -0.05) is 22.8 Å². The summed E-state index contributed by atoms with van der Waals surface area (Å²) in [6.07, 6.45) is 1.07. The highest BCUT2D eigenvalue weighted by molar-refractivity contribution is 7.90. The number of benzene rings is 2. The molecule has 0 bridgehead atoms. The van der Waals surface area contributed by atoms with Crippen molar-refractivity contribution in [3.63, 3.8) is 0 Å². The van der Waals surface area contributed by atoms with Crippen molar-refractivity contribution in [3.8, 4) is 0 Å². The fraction of sp³-hybridized carbons (Fsp3) is 0.130. The minimum atomic E-state index is -3.46. The van der Waals surface area contributed by atoms with Gasteiger partial charge in [-0.15, -0.1) is 0 Å². The monoisotopic (exact) mass is 498 g/mol. The molecule has 2 heterocycles. The van der Waals surface area contributed by atoms with Crippen molar-refractivity contribution in [2.75, 3.05) is 16.9 Å². The van der Waals surface area contributed by atoms with Gasteiger partial charge in [0.2, 0.25) is 0 Å². The third kappa shape index (κ3) is 4.78. The maximum Gasteiger partial charge on any atom is 0.258 e. The summed E-state index contributed by atoms with van der Waals surface area (Å²) in [6, 6.07) is 11.9. The maximum absolute atomic E-state index is 12.9. The lowest BCUT2D eigenvalue weighted by Gasteiger charge is -2.11. The predicted molar refractivity (Wildman–Crippen MR) is 128 cm³/mol. The number of halogens is 1. The Balaban J connectivity index is 1.54. The SMILES string of the molecule is Cc1cc(C(=O)Nc2ccc(NC(=O)c3cccc(S(C)(=O)=O)c3)c(Cl)c2)c2c(C)noc2n1. The van der Waals surface area contributed by atoms with Crippen LogP contribution in [0.25, 0.3) is 11.1 Å². The van der Waals surface area contributed by atoms with E-state index in [4.69, 9.17) is 16.1 Å². The number of carbonyl (C=O) groups excluding carboxylic acids is 2. The van der Waals surface area contributed by atoms with Crippen LogP contribution in [0.1, 0.15) is 32.1 Å². The number of hydrogen-bond acceptors (Lipinski definition) is 7. The molecule has 174 valence electrons. The molecule has 4 aromatic rings. The maximum atomic E-state index is 12.9. The lowest BCUT2D eigenvalue weighted by molar-refractivity contribution is 0.101. The first kappa shape index (κ1) is 23.4. The van der Waals surface area contributed by atoms with Gasteiger partial charge in [0.05, 0.1) is 32.2 Å². The quantitative estimate of drug-likeness (QED) is 0.416. The molecule has 2 aromatic carbocycles. The van der Waals surface area contributed by atoms with E-state index in [0.29, 0.717) is 33.7 Å². The van der Waals surface area contributed by atoms with Gasteiger partial charge in [-0.2, -0.15) is 0 Å². The van der Waals surface area contributed by atoms with Crippen molar-refractivity contribution < 1.29 is 22.5 Å². The van der Waals surface area contributed by atoms with Gasteiger partial charge in [-0.25, -0.2) is 13.4 Å². The van der Waals surface area contributed by atoms with Crippen molar-refractivity contribution in [3.05, 3.63) is 76.1 Å². The average molecular weight is 499 g/mol. The number of amides is 2. The first-order valence-corrected chi connectivity index (χ1v) is 12.3. The summed E-state index contributed by atoms with van der Waals surface area (Å²) in [7, 11) is -3.46. The molecule has 0 unspecified atom stereocenters. The molecule has 2 N–H and O–H groups in total. The van der Waals surface area contributed by atoms with Crippen LogP contribution in [0.4, 0.5) is 11.4 Å². The zero-order valence-corrected chi connectivity index (χ0v) is 19.9. The predicted octanol–water partition coefficient (Wildman–Crippen LogP) is 4.40. The van der Waals surface area contributed by atoms with Crippen molar-refractivity contribution in [1.29, 1.82) is 0 Å². The Morgan fingerprint density at radius 1 is 1.00 bits per heavy atom. The van der Waals surface area contributed by atoms with E-state index >= 15 is 0 Å². The first-order chi connectivity index (χ1) is 16.0. The summed E-state index contributed by atoms with van der Waals surface area (Å²) >= 11 is 6.33. The highest BCUT2D eigenvalue weighted by atomic mass is 35.5. The van der Waals surface area contributed by atoms with Crippen LogP contribution in [-0.4, -0.2) is 36.6 Å². The molecule has 4 rings (SSSR count). The molecule has 0 aliphatic rings. The van der Waals surface area contributed by atoms with Crippen molar-refractivity contribution in [2.24, 2.45) is 0 Å². The number of rotatable bonds is 5. The van der Waals surface area contributed by atoms with Crippen LogP contribution in [0.5, 0.6) is 0 Å². The van der Waals surface area contributed by atoms with Gasteiger partial charge in [-0.05, 0) is 56.3 Å². The molecule has 0 aliphatic carbocycles. The molecule has 0 aliphatic heterocycles. The topological polar surface area (TPSA) is 131 Å². The number of sulfone groups is 1. The Hall–Kier alpha value is -3.76. The Morgan fingerprint density at radius 2 is 1.76 bits per heavy atom. The van der Waals surface area contributed by atoms with E-state index in [1.54, 1.807) is 26.0 Å². The van der Waals surface area contributed by atoms with Gasteiger partial charge in [0.1, 0.15) is 0 Å². The second-order valence-electron chi connectivity index (χ2n) is 7.66. The third-order valence-corrected chi connectivity index (χ3v) is 6.41. The molecule has 0 saturated heterocycles. The Morgan fingerprint density at radius 3 is 2.47 bits per heavy atom. The van der Waals surface area contributed by atoms with E-state index in [-0.39, 0.29) is 21.2 Å². The fourth-order valence-corrected chi connectivity index (χ4v) is 4.25. The normalized spacial score (nSPS) is 11.4. The van der Waals surface area contributed by atoms with Gasteiger partial charge in [-0.3, -0.25) is 9.59 Å². The smallest absolute Gasteiger partial charge is 0.258 e. The summed E-state index contributed by atoms with van der Waals surface area (Å²) in [5.74, 6) is -0.922. The van der Waals surface area contributed by atoms with Gasteiger partial charge >= 0.3 is 0 Å². The number of carbonyl (C=O) groups is 2. The van der Waals surface area contributed by atoms with Gasteiger partial charge in [0.25, 0.3) is 17.5 Å². The van der Waals surface area contributed by atoms with Crippen molar-refractivity contribution in [2.45, 2.75) is 18.7 Å². The van der Waals surface area contributed by atoms with E-state index in [0.717, 1.165) is 6.26 Å². The van der Waals surface area contributed by atoms with E-state index in [1.807, 2.05) is 0 Å². The standard InChI is InChI=1S/C23H19ClN4O5S/c1-12-9-17(20-13(2)28-33-23(20)25-12)22(30)26-15-7-8-19(18(24)11-15)27-21(29)14-5-4-6-16(10-14)34(3,31)32/h4-11H,1-3H3,(H,26,30)(H,27,29). The Bertz CT molecular complexity index is 1560. The first-order valence-electron chi connectivity index (χ1n) is 9.99. The number of fused-ring (bicyclic) bond motifs is 1. The minimum Gasteiger partial charge on any atom is -0.336 e. The van der Waals surface area contributed by atoms with Crippen molar-refractivity contribution >= 4 is 55.7 Å². The molecule has 34 heavy (non-hydrogen) atoms. The highest BCUT2D eigenvalue weighted by Crippen LogP contribution is 2.28. The van der Waals surface area contributed by atoms with E-state index < -0.39 is 21.7 Å².